The van der Waals surface area contributed by atoms with Gasteiger partial charge in [0.2, 0.25) is 11.8 Å². The van der Waals surface area contributed by atoms with Crippen LogP contribution in [0.2, 0.25) is 0 Å². The van der Waals surface area contributed by atoms with Gasteiger partial charge in [0.25, 0.3) is 0 Å². The molecule has 10 nitrogen and oxygen atoms in total. The first kappa shape index (κ1) is 41.4. The van der Waals surface area contributed by atoms with Gasteiger partial charge < -0.3 is 25.3 Å². The maximum atomic E-state index is 12.6. The molecule has 44 heavy (non-hydrogen) atoms. The van der Waals surface area contributed by atoms with E-state index in [0.717, 1.165) is 38.5 Å². The quantitative estimate of drug-likeness (QED) is 0.0514. The molecular formula is C34H62N2O8. The second kappa shape index (κ2) is 29.1. The highest BCUT2D eigenvalue weighted by molar-refractivity contribution is 5.84. The fourth-order valence-corrected chi connectivity index (χ4v) is 4.84. The zero-order valence-corrected chi connectivity index (χ0v) is 28.0. The van der Waals surface area contributed by atoms with E-state index in [4.69, 9.17) is 19.9 Å². The molecule has 0 aliphatic carbocycles. The van der Waals surface area contributed by atoms with Gasteiger partial charge in [-0.1, -0.05) is 117 Å². The van der Waals surface area contributed by atoms with E-state index in [9.17, 15) is 24.0 Å². The summed E-state index contributed by atoms with van der Waals surface area (Å²) < 4.78 is 16.2. The zero-order valence-electron chi connectivity index (χ0n) is 28.0. The lowest BCUT2D eigenvalue weighted by atomic mass is 10.1. The average molecular weight is 627 g/mol. The molecule has 0 aliphatic heterocycles. The van der Waals surface area contributed by atoms with Gasteiger partial charge in [-0.3, -0.25) is 19.2 Å². The van der Waals surface area contributed by atoms with Gasteiger partial charge in [-0.15, -0.1) is 0 Å². The fourth-order valence-electron chi connectivity index (χ4n) is 4.84. The molecule has 0 aliphatic rings. The average Bonchev–Trinajstić information content (AvgIpc) is 2.98. The third-order valence-electron chi connectivity index (χ3n) is 7.45. The number of nitrogens with one attached hydrogen (secondary N) is 1. The molecule has 0 radical (unpaired) electrons. The van der Waals surface area contributed by atoms with Gasteiger partial charge in [0, 0.05) is 26.2 Å². The Hall–Kier alpha value is -2.65. The molecule has 0 rings (SSSR count). The first-order valence-corrected chi connectivity index (χ1v) is 17.3. The lowest BCUT2D eigenvalue weighted by Gasteiger charge is -2.21. The van der Waals surface area contributed by atoms with Crippen molar-refractivity contribution in [3.8, 4) is 0 Å². The predicted octanol–water partition coefficient (Wildman–Crippen LogP) is 6.60. The highest BCUT2D eigenvalue weighted by atomic mass is 16.6. The Balaban J connectivity index is 4.71. The summed E-state index contributed by atoms with van der Waals surface area (Å²) in [4.78, 5) is 60.2. The van der Waals surface area contributed by atoms with Crippen molar-refractivity contribution in [3.05, 3.63) is 0 Å². The van der Waals surface area contributed by atoms with Crippen molar-refractivity contribution >= 4 is 29.7 Å². The summed E-state index contributed by atoms with van der Waals surface area (Å²) in [6.45, 7) is 5.06. The van der Waals surface area contributed by atoms with Crippen LogP contribution in [0.15, 0.2) is 0 Å². The number of hydrogen-bond donors (Lipinski definition) is 2. The van der Waals surface area contributed by atoms with Crippen molar-refractivity contribution in [1.82, 2.24) is 5.32 Å². The summed E-state index contributed by atoms with van der Waals surface area (Å²) in [7, 11) is 0. The van der Waals surface area contributed by atoms with Crippen LogP contribution >= 0.6 is 0 Å². The summed E-state index contributed by atoms with van der Waals surface area (Å²) in [5, 5.41) is 2.44. The van der Waals surface area contributed by atoms with Crippen molar-refractivity contribution in [1.29, 1.82) is 0 Å². The van der Waals surface area contributed by atoms with Crippen LogP contribution in [0.25, 0.3) is 0 Å². The molecule has 0 spiro atoms. The number of ether oxygens (including phenoxy) is 3. The monoisotopic (exact) mass is 626 g/mol. The minimum atomic E-state index is -1.08. The Morgan fingerprint density at radius 2 is 1.02 bits per heavy atom. The van der Waals surface area contributed by atoms with Gasteiger partial charge in [-0.25, -0.2) is 4.79 Å². The highest BCUT2D eigenvalue weighted by Gasteiger charge is 2.25. The molecule has 0 saturated heterocycles. The number of unbranched alkanes of at least 4 members (excludes halogenated alkanes) is 16. The van der Waals surface area contributed by atoms with Crippen LogP contribution in [0.5, 0.6) is 0 Å². The Bertz CT molecular complexity index is 789. The second-order valence-corrected chi connectivity index (χ2v) is 11.8. The van der Waals surface area contributed by atoms with Gasteiger partial charge in [-0.2, -0.15) is 0 Å². The summed E-state index contributed by atoms with van der Waals surface area (Å²) >= 11 is 0. The first-order chi connectivity index (χ1) is 21.2. The Morgan fingerprint density at radius 1 is 0.591 bits per heavy atom. The number of esters is 3. The molecule has 0 fully saturated rings. The Kier molecular flexibility index (Phi) is 27.3. The number of hydrogen-bond acceptors (Lipinski definition) is 8. The maximum absolute atomic E-state index is 12.6. The predicted molar refractivity (Wildman–Crippen MR) is 172 cm³/mol. The minimum Gasteiger partial charge on any atom is -0.462 e. The van der Waals surface area contributed by atoms with E-state index in [1.165, 1.54) is 77.6 Å². The normalized spacial score (nSPS) is 12.2. The van der Waals surface area contributed by atoms with Crippen LogP contribution in [0.1, 0.15) is 162 Å². The number of carbonyl (C=O) groups is 5. The van der Waals surface area contributed by atoms with Crippen molar-refractivity contribution in [2.45, 2.75) is 174 Å². The number of carbonyl (C=O) groups excluding carboxylic acids is 5. The third-order valence-corrected chi connectivity index (χ3v) is 7.45. The molecular weight excluding hydrogens is 564 g/mol. The van der Waals surface area contributed by atoms with Gasteiger partial charge >= 0.3 is 17.9 Å². The van der Waals surface area contributed by atoms with Crippen LogP contribution < -0.4 is 11.1 Å². The molecule has 2 atom stereocenters. The Morgan fingerprint density at radius 3 is 1.48 bits per heavy atom. The van der Waals surface area contributed by atoms with Crippen molar-refractivity contribution in [2.24, 2.45) is 5.73 Å². The van der Waals surface area contributed by atoms with Crippen molar-refractivity contribution in [3.63, 3.8) is 0 Å². The first-order valence-electron chi connectivity index (χ1n) is 17.3. The smallest absolute Gasteiger partial charge is 0.328 e. The zero-order chi connectivity index (χ0) is 32.8. The molecule has 0 aromatic rings. The number of rotatable bonds is 30. The standard InChI is InChI=1S/C34H62N2O8/c1-4-6-8-10-12-14-16-18-20-22-32(39)42-26-29(27-43-34(41)30(36-28(3)37)24-25-31(35)38)44-33(40)23-21-19-17-15-13-11-9-7-5-2/h29-30H,4-27H2,1-3H3,(H2,35,38)(H,36,37)/t29-,30+/m1/s1. The summed E-state index contributed by atoms with van der Waals surface area (Å²) in [6.07, 6.45) is 19.6. The largest absolute Gasteiger partial charge is 0.462 e. The summed E-state index contributed by atoms with van der Waals surface area (Å²) in [6, 6.07) is -1.08. The Labute approximate surface area is 266 Å². The fraction of sp³-hybridized carbons (Fsp3) is 0.853. The lowest BCUT2D eigenvalue weighted by molar-refractivity contribution is -0.167. The van der Waals surface area contributed by atoms with Crippen molar-refractivity contribution < 1.29 is 38.2 Å². The van der Waals surface area contributed by atoms with E-state index in [0.29, 0.717) is 6.42 Å². The van der Waals surface area contributed by atoms with E-state index in [-0.39, 0.29) is 38.9 Å². The lowest BCUT2D eigenvalue weighted by Crippen LogP contribution is -2.42. The summed E-state index contributed by atoms with van der Waals surface area (Å²) in [5.41, 5.74) is 5.18. The third kappa shape index (κ3) is 26.9. The molecule has 256 valence electrons. The molecule has 0 heterocycles. The molecule has 0 aromatic heterocycles. The van der Waals surface area contributed by atoms with Crippen LogP contribution in [-0.2, 0) is 38.2 Å². The SMILES string of the molecule is CCCCCCCCCCCC(=O)OC[C@H](COC(=O)[C@H](CCC(N)=O)NC(C)=O)OC(=O)CCCCCCCCCCC. The number of primary amides is 1. The second-order valence-electron chi connectivity index (χ2n) is 11.8. The molecule has 10 heteroatoms. The van der Waals surface area contributed by atoms with E-state index < -0.39 is 41.9 Å². The van der Waals surface area contributed by atoms with Crippen LogP contribution in [0.4, 0.5) is 0 Å². The molecule has 0 unspecified atom stereocenters. The maximum Gasteiger partial charge on any atom is 0.328 e. The van der Waals surface area contributed by atoms with Gasteiger partial charge in [-0.05, 0) is 19.3 Å². The topological polar surface area (TPSA) is 151 Å². The van der Waals surface area contributed by atoms with Crippen molar-refractivity contribution in [2.75, 3.05) is 13.2 Å². The van der Waals surface area contributed by atoms with Crippen LogP contribution in [-0.4, -0.2) is 55.1 Å². The van der Waals surface area contributed by atoms with E-state index in [1.54, 1.807) is 0 Å². The molecule has 2 amide bonds. The molecule has 3 N–H and O–H groups in total. The molecule has 0 aromatic carbocycles. The number of nitrogens with two attached hydrogens (primary N) is 1. The highest BCUT2D eigenvalue weighted by Crippen LogP contribution is 2.13. The van der Waals surface area contributed by atoms with Crippen LogP contribution in [0.3, 0.4) is 0 Å². The van der Waals surface area contributed by atoms with Gasteiger partial charge in [0.15, 0.2) is 6.10 Å². The number of amides is 2. The van der Waals surface area contributed by atoms with Crippen LogP contribution in [0, 0.1) is 0 Å². The van der Waals surface area contributed by atoms with E-state index in [1.807, 2.05) is 0 Å². The minimum absolute atomic E-state index is 0.0233. The summed E-state index contributed by atoms with van der Waals surface area (Å²) in [5.74, 6) is -2.71. The molecule has 0 bridgehead atoms. The van der Waals surface area contributed by atoms with E-state index >= 15 is 0 Å². The van der Waals surface area contributed by atoms with E-state index in [2.05, 4.69) is 19.2 Å². The van der Waals surface area contributed by atoms with Gasteiger partial charge in [0.05, 0.1) is 0 Å². The molecule has 0 saturated carbocycles. The van der Waals surface area contributed by atoms with Gasteiger partial charge in [0.1, 0.15) is 19.3 Å².